The van der Waals surface area contributed by atoms with Crippen LogP contribution in [0.5, 0.6) is 0 Å². The number of aldehydes is 1. The van der Waals surface area contributed by atoms with Crippen LogP contribution in [-0.2, 0) is 11.3 Å². The second kappa shape index (κ2) is 5.12. The molecule has 0 aliphatic carbocycles. The van der Waals surface area contributed by atoms with Gasteiger partial charge in [0.15, 0.2) is 6.29 Å². The summed E-state index contributed by atoms with van der Waals surface area (Å²) in [4.78, 5) is 22.8. The van der Waals surface area contributed by atoms with Crippen molar-refractivity contribution in [2.24, 2.45) is 0 Å². The molecule has 0 aliphatic rings. The van der Waals surface area contributed by atoms with Crippen molar-refractivity contribution in [2.75, 3.05) is 0 Å². The molecule has 1 heterocycles. The Labute approximate surface area is 98.6 Å². The number of carbonyl (C=O) groups excluding carboxylic acids is 2. The van der Waals surface area contributed by atoms with Gasteiger partial charge in [0, 0.05) is 10.4 Å². The fourth-order valence-corrected chi connectivity index (χ4v) is 1.85. The maximum Gasteiger partial charge on any atom is 0.407 e. The van der Waals surface area contributed by atoms with E-state index in [0.29, 0.717) is 12.1 Å². The van der Waals surface area contributed by atoms with E-state index < -0.39 is 11.7 Å². The Kier molecular flexibility index (Phi) is 4.06. The van der Waals surface area contributed by atoms with E-state index in [9.17, 15) is 9.59 Å². The van der Waals surface area contributed by atoms with Gasteiger partial charge in [0.1, 0.15) is 5.60 Å². The predicted octanol–water partition coefficient (Wildman–Crippen LogP) is 2.59. The van der Waals surface area contributed by atoms with E-state index in [1.54, 1.807) is 26.8 Å². The summed E-state index contributed by atoms with van der Waals surface area (Å²) in [5.41, 5.74) is 0.105. The van der Waals surface area contributed by atoms with Gasteiger partial charge in [0.05, 0.1) is 6.54 Å². The number of hydrogen-bond donors (Lipinski definition) is 1. The number of carbonyl (C=O) groups is 2. The fourth-order valence-electron chi connectivity index (χ4n) is 1.07. The minimum Gasteiger partial charge on any atom is -0.444 e. The lowest BCUT2D eigenvalue weighted by Crippen LogP contribution is -2.32. The number of thiophene rings is 1. The fraction of sp³-hybridized carbons (Fsp3) is 0.455. The van der Waals surface area contributed by atoms with E-state index in [2.05, 4.69) is 5.32 Å². The largest absolute Gasteiger partial charge is 0.444 e. The van der Waals surface area contributed by atoms with Crippen molar-refractivity contribution in [3.8, 4) is 0 Å². The molecule has 0 saturated heterocycles. The molecule has 1 N–H and O–H groups in total. The molecule has 1 amide bonds. The van der Waals surface area contributed by atoms with Crippen LogP contribution in [0.15, 0.2) is 11.4 Å². The number of alkyl carbamates (subject to hydrolysis) is 1. The van der Waals surface area contributed by atoms with Crippen molar-refractivity contribution in [3.05, 3.63) is 21.9 Å². The summed E-state index contributed by atoms with van der Waals surface area (Å²) >= 11 is 1.43. The molecule has 0 spiro atoms. The monoisotopic (exact) mass is 241 g/mol. The van der Waals surface area contributed by atoms with Crippen molar-refractivity contribution in [3.63, 3.8) is 0 Å². The molecule has 16 heavy (non-hydrogen) atoms. The highest BCUT2D eigenvalue weighted by Gasteiger charge is 2.16. The third-order valence-electron chi connectivity index (χ3n) is 1.70. The summed E-state index contributed by atoms with van der Waals surface area (Å²) in [5.74, 6) is 0. The third-order valence-corrected chi connectivity index (χ3v) is 2.64. The lowest BCUT2D eigenvalue weighted by molar-refractivity contribution is 0.0523. The molecule has 0 aliphatic heterocycles. The van der Waals surface area contributed by atoms with Crippen LogP contribution >= 0.6 is 11.3 Å². The smallest absolute Gasteiger partial charge is 0.407 e. The zero-order valence-corrected chi connectivity index (χ0v) is 10.4. The van der Waals surface area contributed by atoms with E-state index >= 15 is 0 Å². The molecule has 0 radical (unpaired) electrons. The van der Waals surface area contributed by atoms with Crippen molar-refractivity contribution < 1.29 is 14.3 Å². The Morgan fingerprint density at radius 3 is 2.81 bits per heavy atom. The summed E-state index contributed by atoms with van der Waals surface area (Å²) in [6, 6.07) is 1.73. The molecule has 88 valence electrons. The van der Waals surface area contributed by atoms with Gasteiger partial charge in [-0.25, -0.2) is 4.79 Å². The number of nitrogens with one attached hydrogen (secondary N) is 1. The van der Waals surface area contributed by atoms with Gasteiger partial charge >= 0.3 is 6.09 Å². The topological polar surface area (TPSA) is 55.4 Å². The molecule has 1 rings (SSSR count). The lowest BCUT2D eigenvalue weighted by Gasteiger charge is -2.19. The van der Waals surface area contributed by atoms with Gasteiger partial charge in [0.2, 0.25) is 0 Å². The van der Waals surface area contributed by atoms with Crippen LogP contribution in [0.1, 0.15) is 36.0 Å². The first kappa shape index (κ1) is 12.7. The van der Waals surface area contributed by atoms with Crippen molar-refractivity contribution in [1.82, 2.24) is 5.32 Å². The number of amides is 1. The van der Waals surface area contributed by atoms with Gasteiger partial charge in [-0.05, 0) is 32.2 Å². The average Bonchev–Trinajstić information content (AvgIpc) is 2.59. The van der Waals surface area contributed by atoms with Crippen molar-refractivity contribution in [2.45, 2.75) is 32.9 Å². The molecule has 0 fully saturated rings. The lowest BCUT2D eigenvalue weighted by atomic mass is 10.2. The normalized spacial score (nSPS) is 10.9. The summed E-state index contributed by atoms with van der Waals surface area (Å²) in [6.07, 6.45) is 0.306. The summed E-state index contributed by atoms with van der Waals surface area (Å²) in [6.45, 7) is 5.72. The first-order chi connectivity index (χ1) is 7.42. The van der Waals surface area contributed by atoms with Crippen molar-refractivity contribution >= 4 is 23.7 Å². The van der Waals surface area contributed by atoms with Crippen LogP contribution in [0.3, 0.4) is 0 Å². The number of rotatable bonds is 3. The molecule has 4 nitrogen and oxygen atoms in total. The second-order valence-corrected chi connectivity index (χ2v) is 5.27. The minimum absolute atomic E-state index is 0.320. The maximum absolute atomic E-state index is 11.3. The predicted molar refractivity (Wildman–Crippen MR) is 62.8 cm³/mol. The quantitative estimate of drug-likeness (QED) is 0.827. The Balaban J connectivity index is 2.46. The molecule has 0 aromatic carbocycles. The van der Waals surface area contributed by atoms with Crippen molar-refractivity contribution in [1.29, 1.82) is 0 Å². The van der Waals surface area contributed by atoms with Gasteiger partial charge in [-0.3, -0.25) is 4.79 Å². The summed E-state index contributed by atoms with van der Waals surface area (Å²) < 4.78 is 5.08. The first-order valence-corrected chi connectivity index (χ1v) is 5.79. The van der Waals surface area contributed by atoms with Crippen LogP contribution in [0.4, 0.5) is 4.79 Å². The molecule has 0 saturated carbocycles. The van der Waals surface area contributed by atoms with Crippen LogP contribution in [0, 0.1) is 0 Å². The Bertz CT molecular complexity index is 379. The van der Waals surface area contributed by atoms with Crippen LogP contribution < -0.4 is 5.32 Å². The van der Waals surface area contributed by atoms with Gasteiger partial charge < -0.3 is 10.1 Å². The average molecular weight is 241 g/mol. The SMILES string of the molecule is CC(C)(C)OC(=O)NCc1sccc1C=O. The molecule has 5 heteroatoms. The zero-order chi connectivity index (χ0) is 12.2. The van der Waals surface area contributed by atoms with E-state index in [0.717, 1.165) is 11.2 Å². The van der Waals surface area contributed by atoms with Crippen LogP contribution in [0.25, 0.3) is 0 Å². The highest BCUT2D eigenvalue weighted by molar-refractivity contribution is 7.10. The molecule has 0 unspecified atom stereocenters. The molecular weight excluding hydrogens is 226 g/mol. The highest BCUT2D eigenvalue weighted by atomic mass is 32.1. The standard InChI is InChI=1S/C11H15NO3S/c1-11(2,3)15-10(14)12-6-9-8(7-13)4-5-16-9/h4-5,7H,6H2,1-3H3,(H,12,14). The van der Waals surface area contributed by atoms with Gasteiger partial charge in [-0.15, -0.1) is 11.3 Å². The van der Waals surface area contributed by atoms with E-state index in [-0.39, 0.29) is 0 Å². The third kappa shape index (κ3) is 4.02. The molecule has 1 aromatic heterocycles. The summed E-state index contributed by atoms with van der Waals surface area (Å²) in [5, 5.41) is 4.42. The van der Waals surface area contributed by atoms with E-state index in [4.69, 9.17) is 4.74 Å². The van der Waals surface area contributed by atoms with Gasteiger partial charge in [-0.1, -0.05) is 0 Å². The van der Waals surface area contributed by atoms with Crippen LogP contribution in [0.2, 0.25) is 0 Å². The zero-order valence-electron chi connectivity index (χ0n) is 9.57. The molecule has 1 aromatic rings. The molecular formula is C11H15NO3S. The second-order valence-electron chi connectivity index (χ2n) is 4.27. The van der Waals surface area contributed by atoms with Gasteiger partial charge in [0.25, 0.3) is 0 Å². The van der Waals surface area contributed by atoms with E-state index in [1.807, 2.05) is 5.38 Å². The maximum atomic E-state index is 11.3. The molecule has 0 bridgehead atoms. The van der Waals surface area contributed by atoms with Crippen LogP contribution in [-0.4, -0.2) is 18.0 Å². The minimum atomic E-state index is -0.507. The Morgan fingerprint density at radius 1 is 1.56 bits per heavy atom. The number of ether oxygens (including phenoxy) is 1. The summed E-state index contributed by atoms with van der Waals surface area (Å²) in [7, 11) is 0. The first-order valence-electron chi connectivity index (χ1n) is 4.91. The van der Waals surface area contributed by atoms with Gasteiger partial charge in [-0.2, -0.15) is 0 Å². The Morgan fingerprint density at radius 2 is 2.25 bits per heavy atom. The number of hydrogen-bond acceptors (Lipinski definition) is 4. The van der Waals surface area contributed by atoms with E-state index in [1.165, 1.54) is 11.3 Å². The molecule has 0 atom stereocenters. The highest BCUT2D eigenvalue weighted by Crippen LogP contribution is 2.14. The Hall–Kier alpha value is -1.36.